The van der Waals surface area contributed by atoms with Crippen molar-refractivity contribution in [2.75, 3.05) is 59.8 Å². The third kappa shape index (κ3) is 10.4. The van der Waals surface area contributed by atoms with Crippen molar-refractivity contribution in [3.63, 3.8) is 0 Å². The fourth-order valence-corrected chi connectivity index (χ4v) is 2.52. The summed E-state index contributed by atoms with van der Waals surface area (Å²) in [4.78, 5) is 4.59. The number of nitrogens with one attached hydrogen (secondary N) is 2. The van der Waals surface area contributed by atoms with Crippen LogP contribution < -0.4 is 20.1 Å². The average molecular weight is 396 g/mol. The Morgan fingerprint density at radius 3 is 2.46 bits per heavy atom. The highest BCUT2D eigenvalue weighted by atomic mass is 16.5. The molecule has 0 saturated carbocycles. The predicted octanol–water partition coefficient (Wildman–Crippen LogP) is 2.63. The Morgan fingerprint density at radius 1 is 0.964 bits per heavy atom. The third-order valence-corrected chi connectivity index (χ3v) is 3.81. The number of ether oxygens (including phenoxy) is 4. The van der Waals surface area contributed by atoms with Crippen molar-refractivity contribution in [1.29, 1.82) is 0 Å². The molecule has 2 N–H and O–H groups in total. The maximum atomic E-state index is 5.70. The van der Waals surface area contributed by atoms with Crippen LogP contribution in [0.5, 0.6) is 11.5 Å². The van der Waals surface area contributed by atoms with E-state index in [4.69, 9.17) is 18.9 Å². The topological polar surface area (TPSA) is 73.3 Å². The second kappa shape index (κ2) is 16.0. The van der Waals surface area contributed by atoms with Gasteiger partial charge in [0.25, 0.3) is 0 Å². The van der Waals surface area contributed by atoms with Gasteiger partial charge in [0.05, 0.1) is 26.4 Å². The van der Waals surface area contributed by atoms with Gasteiger partial charge in [-0.2, -0.15) is 0 Å². The quantitative estimate of drug-likeness (QED) is 0.270. The summed E-state index contributed by atoms with van der Waals surface area (Å²) in [5, 5.41) is 6.65. The molecule has 160 valence electrons. The minimum Gasteiger partial charge on any atom is -0.490 e. The highest BCUT2D eigenvalue weighted by Gasteiger charge is 2.06. The Balaban J connectivity index is 2.44. The van der Waals surface area contributed by atoms with E-state index in [2.05, 4.69) is 34.7 Å². The lowest BCUT2D eigenvalue weighted by molar-refractivity contribution is 0.0702. The maximum absolute atomic E-state index is 5.70. The van der Waals surface area contributed by atoms with Crippen LogP contribution in [-0.4, -0.2) is 65.7 Å². The molecule has 0 radical (unpaired) electrons. The van der Waals surface area contributed by atoms with Crippen molar-refractivity contribution >= 4 is 5.96 Å². The highest BCUT2D eigenvalue weighted by Crippen LogP contribution is 2.28. The van der Waals surface area contributed by atoms with Gasteiger partial charge in [-0.05, 0) is 51.3 Å². The molecule has 0 aromatic heterocycles. The molecule has 1 rings (SSSR count). The van der Waals surface area contributed by atoms with E-state index in [1.165, 1.54) is 5.56 Å². The van der Waals surface area contributed by atoms with Crippen LogP contribution in [0.1, 0.15) is 32.8 Å². The number of nitrogens with zero attached hydrogens (tertiary/aromatic N) is 1. The summed E-state index contributed by atoms with van der Waals surface area (Å²) in [6, 6.07) is 6.11. The first kappa shape index (κ1) is 24.0. The van der Waals surface area contributed by atoms with Crippen LogP contribution in [0, 0.1) is 0 Å². The number of aliphatic imine (C=N–C) groups is 1. The molecule has 0 atom stereocenters. The summed E-state index contributed by atoms with van der Waals surface area (Å²) < 4.78 is 21.7. The zero-order valence-corrected chi connectivity index (χ0v) is 17.9. The van der Waals surface area contributed by atoms with Crippen molar-refractivity contribution in [3.05, 3.63) is 23.8 Å². The minimum atomic E-state index is 0.619. The van der Waals surface area contributed by atoms with Crippen molar-refractivity contribution in [3.8, 4) is 11.5 Å². The van der Waals surface area contributed by atoms with E-state index in [1.54, 1.807) is 7.11 Å². The summed E-state index contributed by atoms with van der Waals surface area (Å²) in [5.41, 5.74) is 1.20. The van der Waals surface area contributed by atoms with Gasteiger partial charge >= 0.3 is 0 Å². The number of hydrogen-bond acceptors (Lipinski definition) is 5. The minimum absolute atomic E-state index is 0.619. The fraction of sp³-hybridized carbons (Fsp3) is 0.667. The standard InChI is InChI=1S/C21H37N3O4/c1-5-22-21(23-12-8-14-26-16-15-25-4)24-13-11-18-9-10-19(27-6-2)20(17-18)28-7-3/h9-10,17H,5-8,11-16H2,1-4H3,(H2,22,23,24). The van der Waals surface area contributed by atoms with Gasteiger partial charge in [-0.1, -0.05) is 6.07 Å². The van der Waals surface area contributed by atoms with Crippen LogP contribution in [0.15, 0.2) is 23.2 Å². The first-order valence-electron chi connectivity index (χ1n) is 10.2. The molecular weight excluding hydrogens is 358 g/mol. The summed E-state index contributed by atoms with van der Waals surface area (Å²) >= 11 is 0. The number of guanidine groups is 1. The van der Waals surface area contributed by atoms with Crippen LogP contribution in [-0.2, 0) is 15.9 Å². The molecule has 28 heavy (non-hydrogen) atoms. The van der Waals surface area contributed by atoms with Crippen molar-refractivity contribution < 1.29 is 18.9 Å². The molecule has 0 heterocycles. The molecule has 1 aromatic rings. The van der Waals surface area contributed by atoms with Gasteiger partial charge in [0, 0.05) is 33.4 Å². The molecule has 1 aromatic carbocycles. The predicted molar refractivity (Wildman–Crippen MR) is 114 cm³/mol. The van der Waals surface area contributed by atoms with Crippen LogP contribution in [0.2, 0.25) is 0 Å². The molecule has 0 aliphatic heterocycles. The summed E-state index contributed by atoms with van der Waals surface area (Å²) in [6.07, 6.45) is 1.76. The number of methoxy groups -OCH3 is 1. The number of benzene rings is 1. The lowest BCUT2D eigenvalue weighted by Crippen LogP contribution is -2.38. The molecule has 0 spiro atoms. The zero-order valence-electron chi connectivity index (χ0n) is 17.9. The van der Waals surface area contributed by atoms with Crippen LogP contribution >= 0.6 is 0 Å². The average Bonchev–Trinajstić information content (AvgIpc) is 2.69. The summed E-state index contributed by atoms with van der Waals surface area (Å²) in [5.74, 6) is 2.43. The largest absolute Gasteiger partial charge is 0.490 e. The zero-order chi connectivity index (χ0) is 20.5. The molecule has 0 saturated heterocycles. The van der Waals surface area contributed by atoms with Gasteiger partial charge in [-0.15, -0.1) is 0 Å². The lowest BCUT2D eigenvalue weighted by Gasteiger charge is -2.14. The Hall–Kier alpha value is -1.99. The van der Waals surface area contributed by atoms with Crippen LogP contribution in [0.3, 0.4) is 0 Å². The highest BCUT2D eigenvalue weighted by molar-refractivity contribution is 5.79. The fourth-order valence-electron chi connectivity index (χ4n) is 2.52. The normalized spacial score (nSPS) is 11.4. The SMILES string of the molecule is CCNC(=NCCCOCCOC)NCCc1ccc(OCC)c(OCC)c1. The molecule has 0 unspecified atom stereocenters. The molecule has 0 bridgehead atoms. The summed E-state index contributed by atoms with van der Waals surface area (Å²) in [6.45, 7) is 11.5. The third-order valence-electron chi connectivity index (χ3n) is 3.81. The molecular formula is C21H37N3O4. The van der Waals surface area contributed by atoms with Gasteiger partial charge in [0.1, 0.15) is 0 Å². The Kier molecular flexibility index (Phi) is 13.7. The van der Waals surface area contributed by atoms with Crippen LogP contribution in [0.4, 0.5) is 0 Å². The monoisotopic (exact) mass is 395 g/mol. The van der Waals surface area contributed by atoms with Crippen molar-refractivity contribution in [2.24, 2.45) is 4.99 Å². The Morgan fingerprint density at radius 2 is 1.75 bits per heavy atom. The molecule has 0 fully saturated rings. The Labute approximate surface area is 169 Å². The molecule has 0 aliphatic carbocycles. The van der Waals surface area contributed by atoms with Crippen molar-refractivity contribution in [2.45, 2.75) is 33.6 Å². The first-order chi connectivity index (χ1) is 13.7. The van der Waals surface area contributed by atoms with Gasteiger partial charge in [0.2, 0.25) is 0 Å². The van der Waals surface area contributed by atoms with Crippen LogP contribution in [0.25, 0.3) is 0 Å². The number of rotatable bonds is 15. The van der Waals surface area contributed by atoms with E-state index < -0.39 is 0 Å². The lowest BCUT2D eigenvalue weighted by atomic mass is 10.1. The molecule has 0 amide bonds. The van der Waals surface area contributed by atoms with Gasteiger partial charge in [-0.3, -0.25) is 4.99 Å². The van der Waals surface area contributed by atoms with E-state index in [1.807, 2.05) is 19.9 Å². The molecule has 0 aliphatic rings. The van der Waals surface area contributed by atoms with E-state index in [0.717, 1.165) is 49.9 Å². The number of hydrogen-bond donors (Lipinski definition) is 2. The maximum Gasteiger partial charge on any atom is 0.191 e. The molecule has 7 nitrogen and oxygen atoms in total. The van der Waals surface area contributed by atoms with E-state index in [0.29, 0.717) is 33.0 Å². The van der Waals surface area contributed by atoms with Gasteiger partial charge < -0.3 is 29.6 Å². The van der Waals surface area contributed by atoms with Crippen molar-refractivity contribution in [1.82, 2.24) is 10.6 Å². The van der Waals surface area contributed by atoms with E-state index in [-0.39, 0.29) is 0 Å². The second-order valence-corrected chi connectivity index (χ2v) is 6.04. The smallest absolute Gasteiger partial charge is 0.191 e. The van der Waals surface area contributed by atoms with Gasteiger partial charge in [-0.25, -0.2) is 0 Å². The summed E-state index contributed by atoms with van der Waals surface area (Å²) in [7, 11) is 1.67. The molecule has 7 heteroatoms. The first-order valence-corrected chi connectivity index (χ1v) is 10.2. The van der Waals surface area contributed by atoms with E-state index >= 15 is 0 Å². The van der Waals surface area contributed by atoms with E-state index in [9.17, 15) is 0 Å². The second-order valence-electron chi connectivity index (χ2n) is 6.04. The Bertz CT molecular complexity index is 552. The van der Waals surface area contributed by atoms with Gasteiger partial charge in [0.15, 0.2) is 17.5 Å².